The zero-order chi connectivity index (χ0) is 25.0. The van der Waals surface area contributed by atoms with E-state index >= 15 is 0 Å². The fourth-order valence-corrected chi connectivity index (χ4v) is 5.43. The first-order valence-corrected chi connectivity index (χ1v) is 12.7. The Hall–Kier alpha value is -3.40. The van der Waals surface area contributed by atoms with Gasteiger partial charge in [0.15, 0.2) is 0 Å². The molecule has 0 aliphatic heterocycles. The van der Waals surface area contributed by atoms with Crippen molar-refractivity contribution in [2.45, 2.75) is 31.4 Å². The molecule has 184 valence electrons. The van der Waals surface area contributed by atoms with Crippen LogP contribution >= 0.6 is 0 Å². The Labute approximate surface area is 205 Å². The van der Waals surface area contributed by atoms with Crippen LogP contribution in [0.3, 0.4) is 0 Å². The third-order valence-electron chi connectivity index (χ3n) is 6.00. The van der Waals surface area contributed by atoms with Gasteiger partial charge in [0.2, 0.25) is 10.0 Å². The third-order valence-corrected chi connectivity index (χ3v) is 8.17. The summed E-state index contributed by atoms with van der Waals surface area (Å²) in [5, 5.41) is 9.91. The molecule has 0 aliphatic rings. The van der Waals surface area contributed by atoms with E-state index in [2.05, 4.69) is 4.98 Å². The van der Waals surface area contributed by atoms with Gasteiger partial charge >= 0.3 is 0 Å². The second kappa shape index (κ2) is 10.5. The predicted molar refractivity (Wildman–Crippen MR) is 134 cm³/mol. The molecule has 2 aromatic heterocycles. The predicted octanol–water partition coefficient (Wildman–Crippen LogP) is 3.81. The van der Waals surface area contributed by atoms with Gasteiger partial charge < -0.3 is 19.0 Å². The van der Waals surface area contributed by atoms with Crippen molar-refractivity contribution in [2.75, 3.05) is 14.2 Å². The fraction of sp³-hybridized carbons (Fsp3) is 0.269. The zero-order valence-corrected chi connectivity index (χ0v) is 20.7. The van der Waals surface area contributed by atoms with Crippen molar-refractivity contribution >= 4 is 15.7 Å². The van der Waals surface area contributed by atoms with E-state index in [9.17, 15) is 13.5 Å². The molecule has 4 rings (SSSR count). The van der Waals surface area contributed by atoms with E-state index in [1.165, 1.54) is 11.2 Å². The highest BCUT2D eigenvalue weighted by Gasteiger charge is 2.36. The third kappa shape index (κ3) is 5.48. The van der Waals surface area contributed by atoms with Gasteiger partial charge in [-0.2, -0.15) is 4.31 Å². The summed E-state index contributed by atoms with van der Waals surface area (Å²) in [5.74, 6) is 1.38. The molecular formula is C26H29N3O5S. The quantitative estimate of drug-likeness (QED) is 0.360. The van der Waals surface area contributed by atoms with E-state index in [0.29, 0.717) is 22.8 Å². The Morgan fingerprint density at radius 1 is 0.914 bits per heavy atom. The highest BCUT2D eigenvalue weighted by atomic mass is 32.2. The van der Waals surface area contributed by atoms with Crippen molar-refractivity contribution < 1.29 is 23.0 Å². The number of pyridine rings is 1. The summed E-state index contributed by atoms with van der Waals surface area (Å²) < 4.78 is 41.2. The van der Waals surface area contributed by atoms with Crippen LogP contribution in [0.1, 0.15) is 29.8 Å². The topological polar surface area (TPSA) is 93.4 Å². The van der Waals surface area contributed by atoms with E-state index in [1.54, 1.807) is 61.3 Å². The Morgan fingerprint density at radius 3 is 1.94 bits per heavy atom. The number of methoxy groups -OCH3 is 2. The first-order chi connectivity index (χ1) is 16.8. The van der Waals surface area contributed by atoms with Gasteiger partial charge in [0.1, 0.15) is 28.5 Å². The highest BCUT2D eigenvalue weighted by molar-refractivity contribution is 7.89. The normalized spacial score (nSPS) is 13.6. The Kier molecular flexibility index (Phi) is 7.39. The van der Waals surface area contributed by atoms with Gasteiger partial charge in [-0.3, -0.25) is 0 Å². The van der Waals surface area contributed by atoms with E-state index in [0.717, 1.165) is 11.1 Å². The van der Waals surface area contributed by atoms with Crippen LogP contribution in [0.25, 0.3) is 5.65 Å². The maximum absolute atomic E-state index is 13.8. The van der Waals surface area contributed by atoms with E-state index in [4.69, 9.17) is 9.47 Å². The maximum atomic E-state index is 13.8. The van der Waals surface area contributed by atoms with Crippen LogP contribution in [0, 0.1) is 0 Å². The summed E-state index contributed by atoms with van der Waals surface area (Å²) in [4.78, 5) is 4.41. The van der Waals surface area contributed by atoms with Gasteiger partial charge in [0, 0.05) is 25.5 Å². The molecule has 2 atom stereocenters. The summed E-state index contributed by atoms with van der Waals surface area (Å²) in [6, 6.07) is 20.0. The molecule has 8 nitrogen and oxygen atoms in total. The number of rotatable bonds is 10. The smallest absolute Gasteiger partial charge is 0.220 e. The van der Waals surface area contributed by atoms with E-state index in [1.807, 2.05) is 36.4 Å². The average molecular weight is 496 g/mol. The average Bonchev–Trinajstić information content (AvgIpc) is 3.32. The molecule has 2 aromatic carbocycles. The molecule has 2 heterocycles. The number of aromatic nitrogens is 2. The molecule has 0 radical (unpaired) electrons. The molecule has 4 aromatic rings. The number of hydrogen-bond acceptors (Lipinski definition) is 6. The van der Waals surface area contributed by atoms with Gasteiger partial charge in [0.25, 0.3) is 0 Å². The lowest BCUT2D eigenvalue weighted by atomic mass is 10.2. The Balaban J connectivity index is 1.64. The Morgan fingerprint density at radius 2 is 1.46 bits per heavy atom. The van der Waals surface area contributed by atoms with Crippen molar-refractivity contribution in [3.63, 3.8) is 0 Å². The van der Waals surface area contributed by atoms with Crippen LogP contribution < -0.4 is 9.47 Å². The number of fused-ring (bicyclic) bond motifs is 1. The van der Waals surface area contributed by atoms with Crippen LogP contribution in [-0.2, 0) is 23.1 Å². The first-order valence-electron chi connectivity index (χ1n) is 11.2. The van der Waals surface area contributed by atoms with Gasteiger partial charge in [-0.1, -0.05) is 30.3 Å². The second-order valence-corrected chi connectivity index (χ2v) is 10.6. The number of ether oxygens (including phenoxy) is 2. The molecule has 0 saturated heterocycles. The lowest BCUT2D eigenvalue weighted by Gasteiger charge is -2.28. The van der Waals surface area contributed by atoms with Crippen molar-refractivity contribution in [3.05, 3.63) is 95.9 Å². The van der Waals surface area contributed by atoms with E-state index in [-0.39, 0.29) is 13.1 Å². The monoisotopic (exact) mass is 495 g/mol. The molecule has 0 fully saturated rings. The number of imidazole rings is 1. The number of aliphatic hydroxyl groups excluding tert-OH is 1. The van der Waals surface area contributed by atoms with Gasteiger partial charge in [-0.25, -0.2) is 13.4 Å². The molecule has 9 heteroatoms. The van der Waals surface area contributed by atoms with Crippen LogP contribution in [0.5, 0.6) is 11.5 Å². The molecule has 0 amide bonds. The van der Waals surface area contributed by atoms with Crippen LogP contribution in [0.4, 0.5) is 0 Å². The molecule has 0 spiro atoms. The lowest BCUT2D eigenvalue weighted by molar-refractivity contribution is 0.168. The van der Waals surface area contributed by atoms with Gasteiger partial charge in [0.05, 0.1) is 19.9 Å². The van der Waals surface area contributed by atoms with Crippen molar-refractivity contribution in [2.24, 2.45) is 0 Å². The highest BCUT2D eigenvalue weighted by Crippen LogP contribution is 2.27. The minimum absolute atomic E-state index is 0.139. The van der Waals surface area contributed by atoms with Crippen molar-refractivity contribution in [3.8, 4) is 11.5 Å². The molecule has 2 unspecified atom stereocenters. The standard InChI is InChI=1S/C26H29N3O5S/c1-19(26(30)24-18-28-15-5-4-6-25(28)27-24)35(31,32)29(16-20-7-11-22(33-2)12-8-20)17-21-9-13-23(34-3)14-10-21/h4-15,18-19,26,30H,16-17H2,1-3H3. The van der Waals surface area contributed by atoms with Crippen LogP contribution in [0.15, 0.2) is 79.1 Å². The number of benzene rings is 2. The molecule has 0 aliphatic carbocycles. The molecule has 35 heavy (non-hydrogen) atoms. The van der Waals surface area contributed by atoms with E-state index < -0.39 is 21.4 Å². The van der Waals surface area contributed by atoms with Gasteiger partial charge in [-0.05, 0) is 54.4 Å². The Bertz CT molecular complexity index is 1290. The summed E-state index contributed by atoms with van der Waals surface area (Å²) >= 11 is 0. The molecule has 1 N–H and O–H groups in total. The fourth-order valence-electron chi connectivity index (χ4n) is 3.84. The van der Waals surface area contributed by atoms with Crippen LogP contribution in [0.2, 0.25) is 0 Å². The summed E-state index contributed by atoms with van der Waals surface area (Å²) in [6.07, 6.45) is 2.16. The zero-order valence-electron chi connectivity index (χ0n) is 19.9. The minimum atomic E-state index is -3.94. The van der Waals surface area contributed by atoms with Gasteiger partial charge in [-0.15, -0.1) is 0 Å². The number of sulfonamides is 1. The van der Waals surface area contributed by atoms with Crippen molar-refractivity contribution in [1.29, 1.82) is 0 Å². The number of hydrogen-bond donors (Lipinski definition) is 1. The summed E-state index contributed by atoms with van der Waals surface area (Å²) in [6.45, 7) is 1.79. The molecule has 0 saturated carbocycles. The van der Waals surface area contributed by atoms with Crippen LogP contribution in [-0.4, -0.2) is 46.7 Å². The second-order valence-electron chi connectivity index (χ2n) is 8.29. The lowest BCUT2D eigenvalue weighted by Crippen LogP contribution is -2.39. The summed E-state index contributed by atoms with van der Waals surface area (Å²) in [5.41, 5.74) is 2.55. The SMILES string of the molecule is COc1ccc(CN(Cc2ccc(OC)cc2)S(=O)(=O)C(C)C(O)c2cn3ccccc3n2)cc1. The van der Waals surface area contributed by atoms with Crippen molar-refractivity contribution in [1.82, 2.24) is 13.7 Å². The first kappa shape index (κ1) is 24.7. The molecular weight excluding hydrogens is 466 g/mol. The minimum Gasteiger partial charge on any atom is -0.497 e. The summed E-state index contributed by atoms with van der Waals surface area (Å²) in [7, 11) is -0.780. The number of nitrogens with zero attached hydrogens (tertiary/aromatic N) is 3. The maximum Gasteiger partial charge on any atom is 0.220 e. The largest absolute Gasteiger partial charge is 0.497 e. The molecule has 0 bridgehead atoms. The number of aliphatic hydroxyl groups is 1.